The van der Waals surface area contributed by atoms with E-state index in [1.54, 1.807) is 48.5 Å². The molecule has 2 rings (SSSR count). The molecule has 5 heteroatoms. The Morgan fingerprint density at radius 3 is 2.05 bits per heavy atom. The molecule has 0 spiro atoms. The molecule has 0 bridgehead atoms. The lowest BCUT2D eigenvalue weighted by Crippen LogP contribution is -2.19. The van der Waals surface area contributed by atoms with Gasteiger partial charge in [-0.3, -0.25) is 4.79 Å². The fourth-order valence-corrected chi connectivity index (χ4v) is 1.79. The molecule has 0 unspecified atom stereocenters. The van der Waals surface area contributed by atoms with Gasteiger partial charge in [-0.05, 0) is 17.2 Å². The number of carbonyl (C=O) groups is 1. The van der Waals surface area contributed by atoms with Crippen molar-refractivity contribution in [2.75, 3.05) is 0 Å². The Bertz CT molecular complexity index is 647. The quantitative estimate of drug-likeness (QED) is 0.619. The molecule has 22 heavy (non-hydrogen) atoms. The topological polar surface area (TPSA) is 26.3 Å². The van der Waals surface area contributed by atoms with Gasteiger partial charge in [-0.25, -0.2) is 0 Å². The number of benzene rings is 2. The molecule has 0 saturated carbocycles. The highest BCUT2D eigenvalue weighted by Crippen LogP contribution is 2.28. The molecule has 0 N–H and O–H groups in total. The molecular formula is C17H13F3O2. The van der Waals surface area contributed by atoms with Crippen LogP contribution in [0, 0.1) is 0 Å². The third-order valence-electron chi connectivity index (χ3n) is 2.79. The van der Waals surface area contributed by atoms with E-state index >= 15 is 0 Å². The van der Waals surface area contributed by atoms with E-state index in [1.165, 1.54) is 12.1 Å². The van der Waals surface area contributed by atoms with Gasteiger partial charge in [-0.1, -0.05) is 60.7 Å². The predicted octanol–water partition coefficient (Wildman–Crippen LogP) is 4.38. The van der Waals surface area contributed by atoms with Gasteiger partial charge in [0.25, 0.3) is 0 Å². The Morgan fingerprint density at radius 1 is 0.955 bits per heavy atom. The number of hydrogen-bond donors (Lipinski definition) is 0. The van der Waals surface area contributed by atoms with Gasteiger partial charge in [-0.15, -0.1) is 0 Å². The van der Waals surface area contributed by atoms with E-state index in [0.717, 1.165) is 6.08 Å². The molecule has 0 atom stereocenters. The molecule has 0 aromatic heterocycles. The van der Waals surface area contributed by atoms with Crippen molar-refractivity contribution in [1.29, 1.82) is 0 Å². The first kappa shape index (κ1) is 15.8. The van der Waals surface area contributed by atoms with E-state index in [2.05, 4.69) is 4.74 Å². The van der Waals surface area contributed by atoms with Crippen molar-refractivity contribution < 1.29 is 22.7 Å². The Hall–Kier alpha value is -2.56. The summed E-state index contributed by atoms with van der Waals surface area (Å²) in [6, 6.07) is 16.3. The van der Waals surface area contributed by atoms with Crippen molar-refractivity contribution in [2.24, 2.45) is 0 Å². The number of allylic oxidation sites excluding steroid dienone is 1. The third kappa shape index (κ3) is 4.77. The van der Waals surface area contributed by atoms with E-state index < -0.39 is 17.9 Å². The standard InChI is InChI=1S/C17H13F3O2/c18-17(19,20)15(11-13-7-3-1-4-8-13)22-16(21)12-14-9-5-2-6-10-14/h1-11H,12H2/b15-11-. The maximum atomic E-state index is 13.0. The van der Waals surface area contributed by atoms with Gasteiger partial charge in [-0.2, -0.15) is 13.2 Å². The minimum Gasteiger partial charge on any atom is -0.421 e. The van der Waals surface area contributed by atoms with Gasteiger partial charge < -0.3 is 4.74 Å². The number of alkyl halides is 3. The number of esters is 1. The third-order valence-corrected chi connectivity index (χ3v) is 2.79. The normalized spacial score (nSPS) is 12.0. The Labute approximate surface area is 125 Å². The molecule has 0 heterocycles. The summed E-state index contributed by atoms with van der Waals surface area (Å²) >= 11 is 0. The highest BCUT2D eigenvalue weighted by atomic mass is 19.4. The van der Waals surface area contributed by atoms with Crippen LogP contribution >= 0.6 is 0 Å². The van der Waals surface area contributed by atoms with Crippen molar-refractivity contribution in [3.05, 3.63) is 77.5 Å². The minimum atomic E-state index is -4.73. The summed E-state index contributed by atoms with van der Waals surface area (Å²) in [6.45, 7) is 0. The summed E-state index contributed by atoms with van der Waals surface area (Å²) < 4.78 is 43.4. The molecular weight excluding hydrogens is 293 g/mol. The lowest BCUT2D eigenvalue weighted by atomic mass is 10.1. The van der Waals surface area contributed by atoms with Crippen LogP contribution in [-0.4, -0.2) is 12.1 Å². The molecule has 2 aromatic rings. The smallest absolute Gasteiger partial charge is 0.421 e. The second-order valence-corrected chi connectivity index (χ2v) is 4.55. The maximum absolute atomic E-state index is 13.0. The highest BCUT2D eigenvalue weighted by molar-refractivity contribution is 5.74. The van der Waals surface area contributed by atoms with Gasteiger partial charge in [0.05, 0.1) is 6.42 Å². The first-order valence-electron chi connectivity index (χ1n) is 6.54. The van der Waals surface area contributed by atoms with Crippen LogP contribution in [0.15, 0.2) is 66.4 Å². The molecule has 2 nitrogen and oxygen atoms in total. The van der Waals surface area contributed by atoms with Crippen LogP contribution in [0.2, 0.25) is 0 Å². The summed E-state index contributed by atoms with van der Waals surface area (Å²) in [6.07, 6.45) is -4.14. The summed E-state index contributed by atoms with van der Waals surface area (Å²) in [5.41, 5.74) is 0.899. The zero-order valence-corrected chi connectivity index (χ0v) is 11.5. The zero-order valence-electron chi connectivity index (χ0n) is 11.5. The Balaban J connectivity index is 2.14. The van der Waals surface area contributed by atoms with Crippen LogP contribution in [-0.2, 0) is 16.0 Å². The fourth-order valence-electron chi connectivity index (χ4n) is 1.79. The summed E-state index contributed by atoms with van der Waals surface area (Å²) in [4.78, 5) is 11.7. The first-order chi connectivity index (χ1) is 10.4. The van der Waals surface area contributed by atoms with E-state index in [4.69, 9.17) is 0 Å². The number of ether oxygens (including phenoxy) is 1. The number of halogens is 3. The predicted molar refractivity (Wildman–Crippen MR) is 76.7 cm³/mol. The largest absolute Gasteiger partial charge is 0.449 e. The monoisotopic (exact) mass is 306 g/mol. The molecule has 0 aliphatic carbocycles. The van der Waals surface area contributed by atoms with Crippen molar-refractivity contribution in [2.45, 2.75) is 12.6 Å². The second kappa shape index (κ2) is 6.93. The molecule has 0 radical (unpaired) electrons. The molecule has 0 aliphatic rings. The summed E-state index contributed by atoms with van der Waals surface area (Å²) in [5, 5.41) is 0. The van der Waals surface area contributed by atoms with Crippen LogP contribution < -0.4 is 0 Å². The molecule has 2 aromatic carbocycles. The first-order valence-corrected chi connectivity index (χ1v) is 6.54. The van der Waals surface area contributed by atoms with E-state index in [-0.39, 0.29) is 6.42 Å². The Kier molecular flexibility index (Phi) is 4.99. The van der Waals surface area contributed by atoms with Crippen LogP contribution in [0.3, 0.4) is 0 Å². The van der Waals surface area contributed by atoms with Crippen molar-refractivity contribution >= 4 is 12.0 Å². The van der Waals surface area contributed by atoms with Crippen molar-refractivity contribution in [3.8, 4) is 0 Å². The molecule has 0 fully saturated rings. The summed E-state index contributed by atoms with van der Waals surface area (Å²) in [5.74, 6) is -2.27. The average Bonchev–Trinajstić information content (AvgIpc) is 2.48. The van der Waals surface area contributed by atoms with Crippen molar-refractivity contribution in [1.82, 2.24) is 0 Å². The minimum absolute atomic E-state index is 0.219. The molecule has 0 aliphatic heterocycles. The van der Waals surface area contributed by atoms with Gasteiger partial charge >= 0.3 is 12.1 Å². The van der Waals surface area contributed by atoms with E-state index in [9.17, 15) is 18.0 Å². The zero-order chi connectivity index (χ0) is 16.0. The van der Waals surface area contributed by atoms with Gasteiger partial charge in [0.15, 0.2) is 0 Å². The van der Waals surface area contributed by atoms with E-state index in [0.29, 0.717) is 11.1 Å². The van der Waals surface area contributed by atoms with Crippen LogP contribution in [0.1, 0.15) is 11.1 Å². The number of carbonyl (C=O) groups excluding carboxylic acids is 1. The van der Waals surface area contributed by atoms with Gasteiger partial charge in [0.2, 0.25) is 5.76 Å². The Morgan fingerprint density at radius 2 is 1.50 bits per heavy atom. The van der Waals surface area contributed by atoms with E-state index in [1.807, 2.05) is 0 Å². The van der Waals surface area contributed by atoms with Gasteiger partial charge in [0.1, 0.15) is 0 Å². The van der Waals surface area contributed by atoms with Crippen LogP contribution in [0.4, 0.5) is 13.2 Å². The lowest BCUT2D eigenvalue weighted by molar-refractivity contribution is -0.158. The highest BCUT2D eigenvalue weighted by Gasteiger charge is 2.37. The molecule has 0 saturated heterocycles. The SMILES string of the molecule is O=C(Cc1ccccc1)O/C(=C\c1ccccc1)C(F)(F)F. The number of hydrogen-bond acceptors (Lipinski definition) is 2. The molecule has 114 valence electrons. The van der Waals surface area contributed by atoms with Crippen LogP contribution in [0.25, 0.3) is 6.08 Å². The fraction of sp³-hybridized carbons (Fsp3) is 0.118. The summed E-state index contributed by atoms with van der Waals surface area (Å²) in [7, 11) is 0. The second-order valence-electron chi connectivity index (χ2n) is 4.55. The average molecular weight is 306 g/mol. The van der Waals surface area contributed by atoms with Gasteiger partial charge in [0, 0.05) is 0 Å². The molecule has 0 amide bonds. The maximum Gasteiger partial charge on any atom is 0.449 e. The van der Waals surface area contributed by atoms with Crippen LogP contribution in [0.5, 0.6) is 0 Å². The van der Waals surface area contributed by atoms with Crippen molar-refractivity contribution in [3.63, 3.8) is 0 Å². The lowest BCUT2D eigenvalue weighted by Gasteiger charge is -2.12. The number of rotatable bonds is 4.